The molecule has 1 amide bonds. The minimum absolute atomic E-state index is 0.117. The van der Waals surface area contributed by atoms with Gasteiger partial charge in [0.05, 0.1) is 11.6 Å². The number of carbonyl (C=O) groups is 1. The molecule has 0 saturated carbocycles. The first kappa shape index (κ1) is 12.9. The van der Waals surface area contributed by atoms with Crippen LogP contribution in [0.1, 0.15) is 5.69 Å². The Balaban J connectivity index is 2.01. The fourth-order valence-electron chi connectivity index (χ4n) is 2.20. The van der Waals surface area contributed by atoms with Gasteiger partial charge < -0.3 is 10.6 Å². The van der Waals surface area contributed by atoms with Crippen molar-refractivity contribution < 1.29 is 4.79 Å². The average Bonchev–Trinajstić information content (AvgIpc) is 2.53. The predicted octanol–water partition coefficient (Wildman–Crippen LogP) is -0.674. The molecule has 2 N–H and O–H groups in total. The van der Waals surface area contributed by atoms with Crippen molar-refractivity contribution in [3.05, 3.63) is 24.3 Å². The van der Waals surface area contributed by atoms with Gasteiger partial charge in [-0.3, -0.25) is 19.7 Å². The second kappa shape index (κ2) is 5.88. The highest BCUT2D eigenvalue weighted by molar-refractivity contribution is 5.77. The summed E-state index contributed by atoms with van der Waals surface area (Å²) in [5.74, 6) is -0.345. The molecule has 6 heteroatoms. The molecule has 98 valence electrons. The molecule has 6 nitrogen and oxygen atoms in total. The summed E-state index contributed by atoms with van der Waals surface area (Å²) >= 11 is 0. The fourth-order valence-corrected chi connectivity index (χ4v) is 2.20. The number of hydrogen-bond acceptors (Lipinski definition) is 5. The molecule has 0 aromatic carbocycles. The fraction of sp³-hybridized carbons (Fsp3) is 0.583. The van der Waals surface area contributed by atoms with E-state index in [1.807, 2.05) is 7.05 Å². The Morgan fingerprint density at radius 2 is 2.28 bits per heavy atom. The molecule has 0 bridgehead atoms. The molecule has 1 aliphatic heterocycles. The molecule has 1 saturated heterocycles. The van der Waals surface area contributed by atoms with Crippen molar-refractivity contribution in [2.24, 2.45) is 11.7 Å². The molecule has 1 aliphatic rings. The number of rotatable bonds is 3. The van der Waals surface area contributed by atoms with Crippen molar-refractivity contribution in [3.63, 3.8) is 0 Å². The number of primary amides is 1. The van der Waals surface area contributed by atoms with E-state index < -0.39 is 0 Å². The molecule has 2 heterocycles. The Kier molecular flexibility index (Phi) is 4.22. The van der Waals surface area contributed by atoms with Crippen LogP contribution < -0.4 is 5.73 Å². The molecule has 0 unspecified atom stereocenters. The van der Waals surface area contributed by atoms with Crippen molar-refractivity contribution in [2.45, 2.75) is 6.54 Å². The maximum atomic E-state index is 11.4. The lowest BCUT2D eigenvalue weighted by atomic mass is 10.1. The van der Waals surface area contributed by atoms with E-state index in [4.69, 9.17) is 5.73 Å². The average molecular weight is 249 g/mol. The van der Waals surface area contributed by atoms with Crippen molar-refractivity contribution in [1.29, 1.82) is 0 Å². The van der Waals surface area contributed by atoms with Crippen LogP contribution in [0.15, 0.2) is 18.6 Å². The third kappa shape index (κ3) is 3.48. The normalized spacial score (nSPS) is 22.6. The van der Waals surface area contributed by atoms with Gasteiger partial charge in [0.25, 0.3) is 0 Å². The summed E-state index contributed by atoms with van der Waals surface area (Å²) in [6, 6.07) is 0. The van der Waals surface area contributed by atoms with E-state index in [0.717, 1.165) is 25.3 Å². The first-order valence-corrected chi connectivity index (χ1v) is 6.10. The van der Waals surface area contributed by atoms with E-state index >= 15 is 0 Å². The van der Waals surface area contributed by atoms with Crippen molar-refractivity contribution in [2.75, 3.05) is 33.2 Å². The van der Waals surface area contributed by atoms with Crippen LogP contribution in [0.2, 0.25) is 0 Å². The number of amides is 1. The predicted molar refractivity (Wildman–Crippen MR) is 67.5 cm³/mol. The highest BCUT2D eigenvalue weighted by atomic mass is 16.1. The number of hydrogen-bond donors (Lipinski definition) is 1. The van der Waals surface area contributed by atoms with Gasteiger partial charge in [-0.25, -0.2) is 0 Å². The number of carbonyl (C=O) groups excluding carboxylic acids is 1. The van der Waals surface area contributed by atoms with E-state index in [0.29, 0.717) is 13.1 Å². The Morgan fingerprint density at radius 3 is 2.94 bits per heavy atom. The van der Waals surface area contributed by atoms with Gasteiger partial charge in [-0.2, -0.15) is 0 Å². The number of aromatic nitrogens is 2. The van der Waals surface area contributed by atoms with Gasteiger partial charge in [0, 0.05) is 51.3 Å². The third-order valence-electron chi connectivity index (χ3n) is 3.21. The Hall–Kier alpha value is -1.53. The molecule has 0 aliphatic carbocycles. The minimum Gasteiger partial charge on any atom is -0.369 e. The molecular formula is C12H19N5O. The van der Waals surface area contributed by atoms with Crippen LogP contribution in [-0.4, -0.2) is 58.9 Å². The van der Waals surface area contributed by atoms with Crippen LogP contribution in [0.25, 0.3) is 0 Å². The highest BCUT2D eigenvalue weighted by Gasteiger charge is 2.24. The summed E-state index contributed by atoms with van der Waals surface area (Å²) in [4.78, 5) is 24.1. The summed E-state index contributed by atoms with van der Waals surface area (Å²) in [6.07, 6.45) is 5.10. The van der Waals surface area contributed by atoms with Crippen molar-refractivity contribution >= 4 is 5.91 Å². The lowest BCUT2D eigenvalue weighted by molar-refractivity contribution is -0.122. The Labute approximate surface area is 107 Å². The SMILES string of the molecule is CN1CCN(Cc2cnccn2)C[C@H](C(N)=O)C1. The number of nitrogens with two attached hydrogens (primary N) is 1. The van der Waals surface area contributed by atoms with Crippen LogP contribution in [0.5, 0.6) is 0 Å². The van der Waals surface area contributed by atoms with E-state index in [-0.39, 0.29) is 11.8 Å². The van der Waals surface area contributed by atoms with E-state index in [2.05, 4.69) is 19.8 Å². The molecular weight excluding hydrogens is 230 g/mol. The van der Waals surface area contributed by atoms with Crippen LogP contribution >= 0.6 is 0 Å². The van der Waals surface area contributed by atoms with Gasteiger partial charge in [-0.15, -0.1) is 0 Å². The van der Waals surface area contributed by atoms with E-state index in [1.54, 1.807) is 18.6 Å². The number of likely N-dealkylation sites (N-methyl/N-ethyl adjacent to an activating group) is 1. The monoisotopic (exact) mass is 249 g/mol. The first-order chi connectivity index (χ1) is 8.65. The zero-order valence-electron chi connectivity index (χ0n) is 10.6. The van der Waals surface area contributed by atoms with Gasteiger partial charge in [0.15, 0.2) is 0 Å². The maximum Gasteiger partial charge on any atom is 0.223 e. The van der Waals surface area contributed by atoms with Crippen LogP contribution in [0, 0.1) is 5.92 Å². The van der Waals surface area contributed by atoms with Crippen LogP contribution in [0.3, 0.4) is 0 Å². The van der Waals surface area contributed by atoms with Gasteiger partial charge >= 0.3 is 0 Å². The Morgan fingerprint density at radius 1 is 1.44 bits per heavy atom. The summed E-state index contributed by atoms with van der Waals surface area (Å²) in [7, 11) is 2.02. The standard InChI is InChI=1S/C12H19N5O/c1-16-4-5-17(8-10(7-16)12(13)18)9-11-6-14-2-3-15-11/h2-3,6,10H,4-5,7-9H2,1H3,(H2,13,18)/t10-/m1/s1. The zero-order valence-corrected chi connectivity index (χ0v) is 10.6. The number of nitrogens with zero attached hydrogens (tertiary/aromatic N) is 4. The summed E-state index contributed by atoms with van der Waals surface area (Å²) < 4.78 is 0. The van der Waals surface area contributed by atoms with Gasteiger partial charge in [0.1, 0.15) is 0 Å². The van der Waals surface area contributed by atoms with Crippen molar-refractivity contribution in [3.8, 4) is 0 Å². The third-order valence-corrected chi connectivity index (χ3v) is 3.21. The smallest absolute Gasteiger partial charge is 0.223 e. The molecule has 1 fully saturated rings. The largest absolute Gasteiger partial charge is 0.369 e. The lowest BCUT2D eigenvalue weighted by Crippen LogP contribution is -2.37. The lowest BCUT2D eigenvalue weighted by Gasteiger charge is -2.21. The van der Waals surface area contributed by atoms with E-state index in [9.17, 15) is 4.79 Å². The van der Waals surface area contributed by atoms with Crippen molar-refractivity contribution in [1.82, 2.24) is 19.8 Å². The summed E-state index contributed by atoms with van der Waals surface area (Å²) in [5, 5.41) is 0. The quantitative estimate of drug-likeness (QED) is 0.768. The van der Waals surface area contributed by atoms with Gasteiger partial charge in [-0.05, 0) is 7.05 Å². The molecule has 2 rings (SSSR count). The highest BCUT2D eigenvalue weighted by Crippen LogP contribution is 2.10. The maximum absolute atomic E-state index is 11.4. The summed E-state index contributed by atoms with van der Waals surface area (Å²) in [5.41, 5.74) is 6.36. The minimum atomic E-state index is -0.229. The zero-order chi connectivity index (χ0) is 13.0. The van der Waals surface area contributed by atoms with Gasteiger partial charge in [-0.1, -0.05) is 0 Å². The molecule has 0 spiro atoms. The first-order valence-electron chi connectivity index (χ1n) is 6.10. The van der Waals surface area contributed by atoms with Gasteiger partial charge in [0.2, 0.25) is 5.91 Å². The van der Waals surface area contributed by atoms with Crippen LogP contribution in [-0.2, 0) is 11.3 Å². The molecule has 0 radical (unpaired) electrons. The molecule has 18 heavy (non-hydrogen) atoms. The molecule has 1 aromatic heterocycles. The van der Waals surface area contributed by atoms with E-state index in [1.165, 1.54) is 0 Å². The second-order valence-electron chi connectivity index (χ2n) is 4.79. The molecule has 1 atom stereocenters. The van der Waals surface area contributed by atoms with Crippen LogP contribution in [0.4, 0.5) is 0 Å². The second-order valence-corrected chi connectivity index (χ2v) is 4.79. The summed E-state index contributed by atoms with van der Waals surface area (Å²) in [6.45, 7) is 3.98. The topological polar surface area (TPSA) is 75.3 Å². The Bertz CT molecular complexity index is 397. The molecule has 1 aromatic rings.